The maximum Gasteiger partial charge on any atom is 0.326 e. The van der Waals surface area contributed by atoms with Crippen molar-refractivity contribution in [2.75, 3.05) is 32.1 Å². The lowest BCUT2D eigenvalue weighted by Crippen LogP contribution is -2.46. The minimum atomic E-state index is -1.09. The Labute approximate surface area is 153 Å². The summed E-state index contributed by atoms with van der Waals surface area (Å²) in [4.78, 5) is 43.9. The SMILES string of the molecule is CC(=O)NCCN(C(=O)c1cc2sc(N(C)C)nc2s1)C(C)C(=O)O. The van der Waals surface area contributed by atoms with E-state index in [0.29, 0.717) is 4.88 Å². The summed E-state index contributed by atoms with van der Waals surface area (Å²) in [6.45, 7) is 3.13. The summed E-state index contributed by atoms with van der Waals surface area (Å²) in [5.74, 6) is -1.70. The highest BCUT2D eigenvalue weighted by Gasteiger charge is 2.28. The summed E-state index contributed by atoms with van der Waals surface area (Å²) in [6, 6.07) is 0.749. The fraction of sp³-hybridized carbons (Fsp3) is 0.467. The molecule has 0 aromatic carbocycles. The number of rotatable bonds is 7. The van der Waals surface area contributed by atoms with Gasteiger partial charge in [0.25, 0.3) is 5.91 Å². The summed E-state index contributed by atoms with van der Waals surface area (Å²) < 4.78 is 0.891. The molecule has 2 amide bonds. The maximum atomic E-state index is 12.8. The Balaban J connectivity index is 2.23. The van der Waals surface area contributed by atoms with E-state index in [0.717, 1.165) is 14.7 Å². The molecule has 0 radical (unpaired) electrons. The molecule has 1 atom stereocenters. The highest BCUT2D eigenvalue weighted by Crippen LogP contribution is 2.34. The van der Waals surface area contributed by atoms with E-state index in [-0.39, 0.29) is 24.9 Å². The lowest BCUT2D eigenvalue weighted by molar-refractivity contribution is -0.141. The highest BCUT2D eigenvalue weighted by molar-refractivity contribution is 7.29. The third-order valence-electron chi connectivity index (χ3n) is 3.48. The van der Waals surface area contributed by atoms with Crippen molar-refractivity contribution in [1.82, 2.24) is 15.2 Å². The van der Waals surface area contributed by atoms with Crippen LogP contribution in [0.15, 0.2) is 6.07 Å². The van der Waals surface area contributed by atoms with Crippen LogP contribution in [0, 0.1) is 0 Å². The van der Waals surface area contributed by atoms with Crippen molar-refractivity contribution in [3.8, 4) is 0 Å². The van der Waals surface area contributed by atoms with Crippen LogP contribution in [0.2, 0.25) is 0 Å². The summed E-state index contributed by atoms with van der Waals surface area (Å²) >= 11 is 2.71. The largest absolute Gasteiger partial charge is 0.480 e. The first-order chi connectivity index (χ1) is 11.7. The predicted octanol–water partition coefficient (Wildman–Crippen LogP) is 1.48. The van der Waals surface area contributed by atoms with Crippen LogP contribution in [0.3, 0.4) is 0 Å². The minimum absolute atomic E-state index is 0.119. The average molecular weight is 384 g/mol. The Hall–Kier alpha value is -2.20. The molecule has 25 heavy (non-hydrogen) atoms. The standard InChI is InChI=1S/C15H20N4O4S2/c1-8(14(22)23)19(6-5-16-9(2)20)13(21)11-7-10-12(24-11)17-15(25-10)18(3)4/h7-8H,5-6H2,1-4H3,(H,16,20)(H,22,23). The van der Waals surface area contributed by atoms with E-state index < -0.39 is 12.0 Å². The average Bonchev–Trinajstić information content (AvgIpc) is 3.08. The number of amides is 2. The van der Waals surface area contributed by atoms with Gasteiger partial charge < -0.3 is 20.2 Å². The normalized spacial score (nSPS) is 12.0. The van der Waals surface area contributed by atoms with Gasteiger partial charge in [-0.2, -0.15) is 0 Å². The molecule has 136 valence electrons. The molecule has 2 rings (SSSR count). The van der Waals surface area contributed by atoms with E-state index in [1.807, 2.05) is 19.0 Å². The molecule has 2 aromatic heterocycles. The zero-order chi connectivity index (χ0) is 18.7. The number of nitrogens with one attached hydrogen (secondary N) is 1. The topological polar surface area (TPSA) is 103 Å². The lowest BCUT2D eigenvalue weighted by Gasteiger charge is -2.26. The Morgan fingerprint density at radius 3 is 2.52 bits per heavy atom. The fourth-order valence-electron chi connectivity index (χ4n) is 2.12. The van der Waals surface area contributed by atoms with Crippen LogP contribution in [0.25, 0.3) is 9.53 Å². The number of thiophene rings is 1. The summed E-state index contributed by atoms with van der Waals surface area (Å²) in [6.07, 6.45) is 0. The van der Waals surface area contributed by atoms with Crippen LogP contribution in [-0.4, -0.2) is 66.0 Å². The molecule has 0 aliphatic carbocycles. The van der Waals surface area contributed by atoms with Gasteiger partial charge in [0.15, 0.2) is 5.13 Å². The van der Waals surface area contributed by atoms with Gasteiger partial charge in [-0.3, -0.25) is 9.59 Å². The molecule has 0 aliphatic heterocycles. The molecule has 1 unspecified atom stereocenters. The number of nitrogens with zero attached hydrogens (tertiary/aromatic N) is 3. The zero-order valence-electron chi connectivity index (χ0n) is 14.4. The van der Waals surface area contributed by atoms with Gasteiger partial charge in [0.1, 0.15) is 10.9 Å². The van der Waals surface area contributed by atoms with Crippen molar-refractivity contribution >= 4 is 55.1 Å². The van der Waals surface area contributed by atoms with Gasteiger partial charge in [0.2, 0.25) is 5.91 Å². The number of carboxylic acids is 1. The fourth-order valence-corrected chi connectivity index (χ4v) is 4.21. The minimum Gasteiger partial charge on any atom is -0.480 e. The Morgan fingerprint density at radius 2 is 2.00 bits per heavy atom. The molecule has 2 heterocycles. The van der Waals surface area contributed by atoms with Gasteiger partial charge in [0, 0.05) is 34.1 Å². The molecule has 0 aliphatic rings. The second kappa shape index (κ2) is 7.79. The third-order valence-corrected chi connectivity index (χ3v) is 5.80. The molecule has 0 bridgehead atoms. The van der Waals surface area contributed by atoms with E-state index in [4.69, 9.17) is 0 Å². The van der Waals surface area contributed by atoms with Crippen LogP contribution >= 0.6 is 22.7 Å². The first-order valence-corrected chi connectivity index (χ1v) is 9.20. The second-order valence-corrected chi connectivity index (χ2v) is 7.71. The van der Waals surface area contributed by atoms with Crippen LogP contribution in [0.4, 0.5) is 5.13 Å². The molecule has 0 saturated carbocycles. The highest BCUT2D eigenvalue weighted by atomic mass is 32.1. The van der Waals surface area contributed by atoms with Crippen molar-refractivity contribution in [2.24, 2.45) is 0 Å². The van der Waals surface area contributed by atoms with Crippen molar-refractivity contribution in [1.29, 1.82) is 0 Å². The Morgan fingerprint density at radius 1 is 1.32 bits per heavy atom. The number of aliphatic carboxylic acids is 1. The first-order valence-electron chi connectivity index (χ1n) is 7.56. The number of fused-ring (bicyclic) bond motifs is 1. The molecule has 2 N–H and O–H groups in total. The van der Waals surface area contributed by atoms with Crippen LogP contribution < -0.4 is 10.2 Å². The van der Waals surface area contributed by atoms with Crippen molar-refractivity contribution < 1.29 is 19.5 Å². The van der Waals surface area contributed by atoms with Crippen molar-refractivity contribution in [3.63, 3.8) is 0 Å². The Bertz CT molecular complexity index is 767. The summed E-state index contributed by atoms with van der Waals surface area (Å²) in [5, 5.41) is 12.7. The number of thiazole rings is 1. The van der Waals surface area contributed by atoms with E-state index in [1.54, 1.807) is 6.07 Å². The predicted molar refractivity (Wildman–Crippen MR) is 98.6 cm³/mol. The number of aromatic nitrogens is 1. The lowest BCUT2D eigenvalue weighted by atomic mass is 10.2. The smallest absolute Gasteiger partial charge is 0.326 e. The molecule has 2 aromatic rings. The molecule has 0 spiro atoms. The van der Waals surface area contributed by atoms with E-state index >= 15 is 0 Å². The third kappa shape index (κ3) is 4.45. The maximum absolute atomic E-state index is 12.8. The number of carboxylic acid groups (broad SMARTS) is 1. The molecule has 10 heteroatoms. The van der Waals surface area contributed by atoms with Gasteiger partial charge in [-0.25, -0.2) is 9.78 Å². The van der Waals surface area contributed by atoms with Gasteiger partial charge in [0.05, 0.1) is 9.58 Å². The van der Waals surface area contributed by atoms with Gasteiger partial charge in [-0.15, -0.1) is 11.3 Å². The van der Waals surface area contributed by atoms with Gasteiger partial charge in [-0.05, 0) is 13.0 Å². The van der Waals surface area contributed by atoms with Crippen molar-refractivity contribution in [3.05, 3.63) is 10.9 Å². The first kappa shape index (κ1) is 19.1. The quantitative estimate of drug-likeness (QED) is 0.749. The zero-order valence-corrected chi connectivity index (χ0v) is 16.0. The number of hydrogen-bond acceptors (Lipinski definition) is 7. The molecular weight excluding hydrogens is 364 g/mol. The van der Waals surface area contributed by atoms with Crippen LogP contribution in [-0.2, 0) is 9.59 Å². The van der Waals surface area contributed by atoms with E-state index in [2.05, 4.69) is 10.3 Å². The molecule has 0 saturated heterocycles. The molecular formula is C15H20N4O4S2. The number of carbonyl (C=O) groups excluding carboxylic acids is 2. The van der Waals surface area contributed by atoms with Crippen LogP contribution in [0.1, 0.15) is 23.5 Å². The summed E-state index contributed by atoms with van der Waals surface area (Å²) in [7, 11) is 3.79. The molecule has 0 fully saturated rings. The summed E-state index contributed by atoms with van der Waals surface area (Å²) in [5.41, 5.74) is 0. The number of hydrogen-bond donors (Lipinski definition) is 2. The van der Waals surface area contributed by atoms with Crippen molar-refractivity contribution in [2.45, 2.75) is 19.9 Å². The van der Waals surface area contributed by atoms with Gasteiger partial charge in [-0.1, -0.05) is 11.3 Å². The van der Waals surface area contributed by atoms with Crippen LogP contribution in [0.5, 0.6) is 0 Å². The van der Waals surface area contributed by atoms with Gasteiger partial charge >= 0.3 is 5.97 Å². The van der Waals surface area contributed by atoms with E-state index in [1.165, 1.54) is 41.4 Å². The molecule has 8 nitrogen and oxygen atoms in total. The Kier molecular flexibility index (Phi) is 5.96. The number of anilines is 1. The van der Waals surface area contributed by atoms with E-state index in [9.17, 15) is 19.5 Å². The monoisotopic (exact) mass is 384 g/mol. The second-order valence-electron chi connectivity index (χ2n) is 5.67. The number of carbonyl (C=O) groups is 3.